The van der Waals surface area contributed by atoms with Gasteiger partial charge in [-0.15, -0.1) is 16.4 Å². The molecule has 2 amide bonds. The van der Waals surface area contributed by atoms with Crippen LogP contribution in [-0.4, -0.2) is 36.3 Å². The summed E-state index contributed by atoms with van der Waals surface area (Å²) < 4.78 is 23.7. The quantitative estimate of drug-likeness (QED) is 0.106. The normalized spacial score (nSPS) is 13.0. The molecule has 3 aromatic carbocycles. The van der Waals surface area contributed by atoms with Crippen molar-refractivity contribution < 1.29 is 43.3 Å². The van der Waals surface area contributed by atoms with Gasteiger partial charge in [-0.25, -0.2) is 4.84 Å². The zero-order valence-electron chi connectivity index (χ0n) is 24.4. The molecule has 5 aromatic rings. The van der Waals surface area contributed by atoms with E-state index in [1.165, 1.54) is 17.5 Å². The van der Waals surface area contributed by atoms with Gasteiger partial charge >= 0.3 is 0 Å². The molecule has 1 aliphatic heterocycles. The van der Waals surface area contributed by atoms with E-state index in [-0.39, 0.29) is 35.8 Å². The highest BCUT2D eigenvalue weighted by Gasteiger charge is 2.41. The number of carbonyl (C=O) groups excluding carboxylic acids is 2. The number of ether oxygens (including phenoxy) is 4. The van der Waals surface area contributed by atoms with Gasteiger partial charge in [-0.2, -0.15) is 0 Å². The summed E-state index contributed by atoms with van der Waals surface area (Å²) in [6, 6.07) is 26.5. The van der Waals surface area contributed by atoms with E-state index in [9.17, 15) is 14.8 Å². The number of nitrogens with zero attached hydrogens (tertiary/aromatic N) is 2. The third kappa shape index (κ3) is 6.30. The lowest BCUT2D eigenvalue weighted by Gasteiger charge is -2.20. The lowest BCUT2D eigenvalue weighted by Crippen LogP contribution is -2.40. The fraction of sp³-hybridized carbons (Fsp3) is 0.147. The van der Waals surface area contributed by atoms with Gasteiger partial charge in [-0.05, 0) is 59.0 Å². The van der Waals surface area contributed by atoms with E-state index in [1.807, 2.05) is 60.0 Å². The van der Waals surface area contributed by atoms with Gasteiger partial charge in [0.25, 0.3) is 23.7 Å². The molecular weight excluding hydrogens is 596 g/mol. The van der Waals surface area contributed by atoms with Crippen molar-refractivity contribution in [3.8, 4) is 23.0 Å². The van der Waals surface area contributed by atoms with E-state index in [2.05, 4.69) is 0 Å². The number of benzene rings is 3. The monoisotopic (exact) mass is 625 g/mol. The van der Waals surface area contributed by atoms with Gasteiger partial charge in [0.15, 0.2) is 5.75 Å². The van der Waals surface area contributed by atoms with Gasteiger partial charge in [0, 0.05) is 9.61 Å². The maximum absolute atomic E-state index is 13.2. The van der Waals surface area contributed by atoms with E-state index in [0.29, 0.717) is 10.6 Å². The average Bonchev–Trinajstić information content (AvgIpc) is 3.70. The Morgan fingerprint density at radius 2 is 1.31 bits per heavy atom. The van der Waals surface area contributed by atoms with Gasteiger partial charge in [0.1, 0.15) is 24.7 Å². The number of aromatic nitrogens is 1. The average molecular weight is 626 g/mol. The zero-order chi connectivity index (χ0) is 31.3. The van der Waals surface area contributed by atoms with Crippen LogP contribution < -0.4 is 23.7 Å². The second-order valence-corrected chi connectivity index (χ2v) is 11.0. The Morgan fingerprint density at radius 3 is 1.82 bits per heavy atom. The molecule has 0 fully saturated rings. The molecule has 0 saturated carbocycles. The Bertz CT molecular complexity index is 1770. The molecule has 0 saturated heterocycles. The van der Waals surface area contributed by atoms with Crippen LogP contribution in [0.25, 0.3) is 0 Å². The smallest absolute Gasteiger partial charge is 0.285 e. The van der Waals surface area contributed by atoms with Crippen LogP contribution in [0.15, 0.2) is 103 Å². The van der Waals surface area contributed by atoms with Crippen molar-refractivity contribution in [1.29, 1.82) is 0 Å². The Labute approximate surface area is 263 Å². The minimum atomic E-state index is -1.05. The van der Waals surface area contributed by atoms with Crippen molar-refractivity contribution in [3.05, 3.63) is 135 Å². The molecule has 6 rings (SSSR count). The number of imide groups is 1. The number of hydrogen-bond acceptors (Lipinski definition) is 9. The Morgan fingerprint density at radius 1 is 0.756 bits per heavy atom. The molecule has 1 unspecified atom stereocenters. The summed E-state index contributed by atoms with van der Waals surface area (Å²) in [6.07, 6.45) is 0.324. The summed E-state index contributed by atoms with van der Waals surface area (Å²) in [7, 11) is 3.20. The van der Waals surface area contributed by atoms with Gasteiger partial charge < -0.3 is 18.9 Å². The summed E-state index contributed by atoms with van der Waals surface area (Å²) in [5.41, 5.74) is 2.44. The predicted molar refractivity (Wildman–Crippen MR) is 163 cm³/mol. The summed E-state index contributed by atoms with van der Waals surface area (Å²) in [5, 5.41) is 13.8. The summed E-state index contributed by atoms with van der Waals surface area (Å²) in [4.78, 5) is 33.1. The molecule has 0 spiro atoms. The highest BCUT2D eigenvalue weighted by atomic mass is 32.1. The maximum Gasteiger partial charge on any atom is 0.285 e. The van der Waals surface area contributed by atoms with E-state index in [1.54, 1.807) is 50.6 Å². The molecule has 1 N–H and O–H groups in total. The molecule has 1 aliphatic rings. The number of hydrogen-bond donors (Lipinski definition) is 1. The number of thiophene rings is 1. The highest BCUT2D eigenvalue weighted by Crippen LogP contribution is 2.36. The Balaban J connectivity index is 1.33. The highest BCUT2D eigenvalue weighted by molar-refractivity contribution is 7.10. The van der Waals surface area contributed by atoms with Crippen LogP contribution in [0.2, 0.25) is 0 Å². The maximum atomic E-state index is 13.2. The lowest BCUT2D eigenvalue weighted by atomic mass is 10.1. The second-order valence-electron chi connectivity index (χ2n) is 10.00. The van der Waals surface area contributed by atoms with Crippen molar-refractivity contribution in [2.45, 2.75) is 19.3 Å². The standard InChI is InChI=1S/C34H29N2O8S/c1-40-24-13-9-22(10-14-24)20-42-29-18-28(35(39)19-30(29)43-21-23-11-15-25(41-2)16-12-23)32(31-8-5-17-45-31)44-36-33(37)26-6-3-4-7-27(26)34(36)38/h3-19,32,39H,20-21H2,1-2H3/q+1. The Hall–Kier alpha value is -5.39. The van der Waals surface area contributed by atoms with Crippen LogP contribution in [0.5, 0.6) is 23.0 Å². The summed E-state index contributed by atoms with van der Waals surface area (Å²) in [5.74, 6) is 0.838. The van der Waals surface area contributed by atoms with Crippen molar-refractivity contribution in [1.82, 2.24) is 5.06 Å². The van der Waals surface area contributed by atoms with Crippen molar-refractivity contribution >= 4 is 23.2 Å². The van der Waals surface area contributed by atoms with E-state index >= 15 is 0 Å². The van der Waals surface area contributed by atoms with Crippen molar-refractivity contribution in [3.63, 3.8) is 0 Å². The fourth-order valence-electron chi connectivity index (χ4n) is 4.76. The molecule has 0 radical (unpaired) electrons. The molecule has 10 nitrogen and oxygen atoms in total. The van der Waals surface area contributed by atoms with Crippen LogP contribution >= 0.6 is 11.3 Å². The predicted octanol–water partition coefficient (Wildman–Crippen LogP) is 5.77. The van der Waals surface area contributed by atoms with Gasteiger partial charge in [0.05, 0.1) is 31.4 Å². The van der Waals surface area contributed by atoms with Crippen molar-refractivity contribution in [2.24, 2.45) is 0 Å². The van der Waals surface area contributed by atoms with Crippen molar-refractivity contribution in [2.75, 3.05) is 14.2 Å². The molecule has 228 valence electrons. The first-order valence-corrected chi connectivity index (χ1v) is 14.8. The molecule has 1 atom stereocenters. The molecule has 2 aromatic heterocycles. The topological polar surface area (TPSA) is 108 Å². The molecule has 3 heterocycles. The fourth-order valence-corrected chi connectivity index (χ4v) is 5.52. The SMILES string of the molecule is COc1ccc(COc2cc(C(ON3C(=O)c4ccccc4C3=O)c3cccs3)[n+](O)cc2OCc2ccc(OC)cc2)cc1. The molecule has 0 aliphatic carbocycles. The largest absolute Gasteiger partial charge is 0.497 e. The van der Waals surface area contributed by atoms with E-state index in [0.717, 1.165) is 32.4 Å². The summed E-state index contributed by atoms with van der Waals surface area (Å²) >= 11 is 1.35. The van der Waals surface area contributed by atoms with Gasteiger partial charge in [-0.1, -0.05) is 42.5 Å². The zero-order valence-corrected chi connectivity index (χ0v) is 25.2. The van der Waals surface area contributed by atoms with Crippen LogP contribution in [0.4, 0.5) is 0 Å². The number of amides is 2. The minimum absolute atomic E-state index is 0.181. The third-order valence-corrected chi connectivity index (χ3v) is 8.09. The lowest BCUT2D eigenvalue weighted by molar-refractivity contribution is -0.911. The number of hydroxylamine groups is 2. The molecule has 0 bridgehead atoms. The summed E-state index contributed by atoms with van der Waals surface area (Å²) in [6.45, 7) is 0.364. The van der Waals surface area contributed by atoms with Crippen LogP contribution in [0.3, 0.4) is 0 Å². The molecule has 11 heteroatoms. The molecular formula is C34H29N2O8S+. The number of fused-ring (bicyclic) bond motifs is 1. The van der Waals surface area contributed by atoms with Crippen LogP contribution in [-0.2, 0) is 18.1 Å². The second kappa shape index (κ2) is 13.1. The third-order valence-electron chi connectivity index (χ3n) is 7.17. The first-order valence-electron chi connectivity index (χ1n) is 13.9. The van der Waals surface area contributed by atoms with E-state index < -0.39 is 17.9 Å². The van der Waals surface area contributed by atoms with Gasteiger partial charge in [-0.3, -0.25) is 14.8 Å². The number of carbonyl (C=O) groups is 2. The first-order chi connectivity index (χ1) is 21.9. The number of pyridine rings is 1. The number of methoxy groups -OCH3 is 2. The Kier molecular flexibility index (Phi) is 8.63. The van der Waals surface area contributed by atoms with Crippen LogP contribution in [0.1, 0.15) is 48.5 Å². The number of rotatable bonds is 12. The first kappa shape index (κ1) is 29.7. The minimum Gasteiger partial charge on any atom is -0.497 e. The van der Waals surface area contributed by atoms with E-state index in [4.69, 9.17) is 23.8 Å². The van der Waals surface area contributed by atoms with Crippen LogP contribution in [0, 0.1) is 0 Å². The molecule has 45 heavy (non-hydrogen) atoms. The van der Waals surface area contributed by atoms with Gasteiger partial charge in [0.2, 0.25) is 11.9 Å².